The topological polar surface area (TPSA) is 25.8 Å². The van der Waals surface area contributed by atoms with Gasteiger partial charge in [0.15, 0.2) is 0 Å². The molecule has 0 saturated heterocycles. The number of benzene rings is 1. The Morgan fingerprint density at radius 2 is 1.72 bits per heavy atom. The molecule has 0 aliphatic carbocycles. The first-order valence-electron chi connectivity index (χ1n) is 4.74. The van der Waals surface area contributed by atoms with E-state index in [1.165, 1.54) is 18.2 Å². The summed E-state index contributed by atoms with van der Waals surface area (Å²) in [4.78, 5) is 7.46. The predicted molar refractivity (Wildman–Crippen MR) is 62.5 cm³/mol. The molecule has 0 atom stereocenters. The van der Waals surface area contributed by atoms with Crippen molar-refractivity contribution in [2.75, 3.05) is 0 Å². The first-order valence-corrected chi connectivity index (χ1v) is 5.49. The number of hydrogen-bond acceptors (Lipinski definition) is 2. The van der Waals surface area contributed by atoms with Crippen molar-refractivity contribution >= 4 is 23.2 Å². The van der Waals surface area contributed by atoms with Gasteiger partial charge in [-0.25, -0.2) is 9.97 Å². The molecular formula is C11H5Cl2F3N2. The lowest BCUT2D eigenvalue weighted by atomic mass is 10.1. The third kappa shape index (κ3) is 2.91. The van der Waals surface area contributed by atoms with Crippen LogP contribution in [0.1, 0.15) is 5.56 Å². The minimum absolute atomic E-state index is 0.0717. The van der Waals surface area contributed by atoms with Crippen molar-refractivity contribution in [2.24, 2.45) is 0 Å². The van der Waals surface area contributed by atoms with E-state index >= 15 is 0 Å². The van der Waals surface area contributed by atoms with Crippen LogP contribution in [-0.4, -0.2) is 9.97 Å². The summed E-state index contributed by atoms with van der Waals surface area (Å²) in [6, 6.07) is 6.10. The van der Waals surface area contributed by atoms with Crippen LogP contribution in [0, 0.1) is 0 Å². The maximum absolute atomic E-state index is 12.6. The lowest BCUT2D eigenvalue weighted by molar-refractivity contribution is -0.137. The minimum Gasteiger partial charge on any atom is -0.218 e. The molecule has 0 unspecified atom stereocenters. The third-order valence-corrected chi connectivity index (χ3v) is 2.52. The SMILES string of the molecule is FC(F)(F)c1cccc(-c2cc(Cl)nc(Cl)n2)c1. The van der Waals surface area contributed by atoms with Gasteiger partial charge in [0.2, 0.25) is 5.28 Å². The van der Waals surface area contributed by atoms with Crippen LogP contribution in [0.2, 0.25) is 10.4 Å². The van der Waals surface area contributed by atoms with Crippen molar-refractivity contribution in [1.29, 1.82) is 0 Å². The summed E-state index contributed by atoms with van der Waals surface area (Å²) < 4.78 is 37.7. The van der Waals surface area contributed by atoms with E-state index in [-0.39, 0.29) is 21.7 Å². The summed E-state index contributed by atoms with van der Waals surface area (Å²) in [6.45, 7) is 0. The second kappa shape index (κ2) is 4.74. The molecule has 0 fully saturated rings. The average molecular weight is 293 g/mol. The monoisotopic (exact) mass is 292 g/mol. The molecule has 94 valence electrons. The zero-order chi connectivity index (χ0) is 13.3. The first kappa shape index (κ1) is 13.1. The van der Waals surface area contributed by atoms with Crippen molar-refractivity contribution in [3.63, 3.8) is 0 Å². The summed E-state index contributed by atoms with van der Waals surface area (Å²) in [5.74, 6) is 0. The number of hydrogen-bond donors (Lipinski definition) is 0. The Kier molecular flexibility index (Phi) is 3.45. The van der Waals surface area contributed by atoms with Crippen molar-refractivity contribution in [2.45, 2.75) is 6.18 Å². The largest absolute Gasteiger partial charge is 0.416 e. The van der Waals surface area contributed by atoms with Gasteiger partial charge in [0.1, 0.15) is 5.15 Å². The van der Waals surface area contributed by atoms with Crippen molar-refractivity contribution in [3.05, 3.63) is 46.3 Å². The molecule has 0 amide bonds. The maximum Gasteiger partial charge on any atom is 0.416 e. The van der Waals surface area contributed by atoms with Crippen LogP contribution < -0.4 is 0 Å². The van der Waals surface area contributed by atoms with E-state index in [1.54, 1.807) is 0 Å². The highest BCUT2D eigenvalue weighted by molar-refractivity contribution is 6.32. The molecule has 7 heteroatoms. The molecule has 1 heterocycles. The Balaban J connectivity index is 2.51. The molecule has 1 aromatic carbocycles. The summed E-state index contributed by atoms with van der Waals surface area (Å²) in [5.41, 5.74) is -0.243. The zero-order valence-electron chi connectivity index (χ0n) is 8.67. The van der Waals surface area contributed by atoms with Crippen LogP contribution in [0.5, 0.6) is 0 Å². The molecule has 0 radical (unpaired) electrons. The smallest absolute Gasteiger partial charge is 0.218 e. The molecule has 2 aromatic rings. The van der Waals surface area contributed by atoms with Crippen molar-refractivity contribution in [3.8, 4) is 11.3 Å². The molecule has 2 nitrogen and oxygen atoms in total. The van der Waals surface area contributed by atoms with Gasteiger partial charge < -0.3 is 0 Å². The Hall–Kier alpha value is -1.33. The maximum atomic E-state index is 12.6. The fourth-order valence-corrected chi connectivity index (χ4v) is 1.80. The summed E-state index contributed by atoms with van der Waals surface area (Å²) in [6.07, 6.45) is -4.41. The first-order chi connectivity index (χ1) is 8.36. The van der Waals surface area contributed by atoms with Crippen LogP contribution >= 0.6 is 23.2 Å². The van der Waals surface area contributed by atoms with Gasteiger partial charge >= 0.3 is 6.18 Å². The zero-order valence-corrected chi connectivity index (χ0v) is 10.2. The third-order valence-electron chi connectivity index (χ3n) is 2.15. The summed E-state index contributed by atoms with van der Waals surface area (Å²) in [5, 5.41) is -0.0441. The Morgan fingerprint density at radius 3 is 2.33 bits per heavy atom. The molecule has 0 spiro atoms. The van der Waals surface area contributed by atoms with E-state index in [2.05, 4.69) is 9.97 Å². The van der Waals surface area contributed by atoms with Gasteiger partial charge in [-0.3, -0.25) is 0 Å². The molecule has 18 heavy (non-hydrogen) atoms. The van der Waals surface area contributed by atoms with Crippen LogP contribution in [0.15, 0.2) is 30.3 Å². The Labute approximate surface area is 110 Å². The minimum atomic E-state index is -4.41. The number of alkyl halides is 3. The van der Waals surface area contributed by atoms with E-state index in [9.17, 15) is 13.2 Å². The van der Waals surface area contributed by atoms with Gasteiger partial charge in [-0.15, -0.1) is 0 Å². The predicted octanol–water partition coefficient (Wildman–Crippen LogP) is 4.47. The average Bonchev–Trinajstić information content (AvgIpc) is 2.27. The van der Waals surface area contributed by atoms with Gasteiger partial charge in [0.25, 0.3) is 0 Å². The van der Waals surface area contributed by atoms with E-state index in [0.717, 1.165) is 12.1 Å². The fraction of sp³-hybridized carbons (Fsp3) is 0.0909. The van der Waals surface area contributed by atoms with Gasteiger partial charge in [0, 0.05) is 11.6 Å². The van der Waals surface area contributed by atoms with E-state index in [1.807, 2.05) is 0 Å². The normalized spacial score (nSPS) is 11.6. The highest BCUT2D eigenvalue weighted by atomic mass is 35.5. The fourth-order valence-electron chi connectivity index (χ4n) is 1.39. The molecule has 0 aliphatic rings. The second-order valence-corrected chi connectivity index (χ2v) is 4.15. The van der Waals surface area contributed by atoms with Gasteiger partial charge in [-0.05, 0) is 23.7 Å². The standard InChI is InChI=1S/C11H5Cl2F3N2/c12-9-5-8(17-10(13)18-9)6-2-1-3-7(4-6)11(14,15)16/h1-5H. The second-order valence-electron chi connectivity index (χ2n) is 3.42. The molecule has 0 N–H and O–H groups in total. The number of aromatic nitrogens is 2. The lowest BCUT2D eigenvalue weighted by Gasteiger charge is -2.08. The molecular weight excluding hydrogens is 288 g/mol. The Bertz CT molecular complexity index is 564. The molecule has 2 rings (SSSR count). The molecule has 1 aromatic heterocycles. The van der Waals surface area contributed by atoms with Gasteiger partial charge in [-0.1, -0.05) is 23.7 Å². The number of halogens is 5. The Morgan fingerprint density at radius 1 is 1.00 bits per heavy atom. The number of nitrogens with zero attached hydrogens (tertiary/aromatic N) is 2. The highest BCUT2D eigenvalue weighted by Gasteiger charge is 2.30. The highest BCUT2D eigenvalue weighted by Crippen LogP contribution is 2.32. The van der Waals surface area contributed by atoms with Crippen molar-refractivity contribution < 1.29 is 13.2 Å². The van der Waals surface area contributed by atoms with Gasteiger partial charge in [0.05, 0.1) is 11.3 Å². The van der Waals surface area contributed by atoms with E-state index in [4.69, 9.17) is 23.2 Å². The lowest BCUT2D eigenvalue weighted by Crippen LogP contribution is -2.04. The molecule has 0 saturated carbocycles. The quantitative estimate of drug-likeness (QED) is 0.572. The molecule has 0 bridgehead atoms. The van der Waals surface area contributed by atoms with Crippen molar-refractivity contribution in [1.82, 2.24) is 9.97 Å². The van der Waals surface area contributed by atoms with Crippen LogP contribution in [-0.2, 0) is 6.18 Å². The van der Waals surface area contributed by atoms with E-state index < -0.39 is 11.7 Å². The summed E-state index contributed by atoms with van der Waals surface area (Å²) in [7, 11) is 0. The molecule has 0 aliphatic heterocycles. The number of rotatable bonds is 1. The summed E-state index contributed by atoms with van der Waals surface area (Å²) >= 11 is 11.3. The van der Waals surface area contributed by atoms with E-state index in [0.29, 0.717) is 0 Å². The van der Waals surface area contributed by atoms with Crippen LogP contribution in [0.25, 0.3) is 11.3 Å². The van der Waals surface area contributed by atoms with Gasteiger partial charge in [-0.2, -0.15) is 13.2 Å². The van der Waals surface area contributed by atoms with Crippen LogP contribution in [0.3, 0.4) is 0 Å². The van der Waals surface area contributed by atoms with Crippen LogP contribution in [0.4, 0.5) is 13.2 Å².